The maximum absolute atomic E-state index is 3.00. The third kappa shape index (κ3) is 7.44. The van der Waals surface area contributed by atoms with Gasteiger partial charge in [0.25, 0.3) is 0 Å². The van der Waals surface area contributed by atoms with Crippen molar-refractivity contribution in [3.63, 3.8) is 0 Å². The van der Waals surface area contributed by atoms with Crippen molar-refractivity contribution in [2.75, 3.05) is 0 Å². The first-order chi connectivity index (χ1) is 9.93. The average Bonchev–Trinajstić information content (AvgIpc) is 3.18. The van der Waals surface area contributed by atoms with Crippen LogP contribution in [0.3, 0.4) is 0 Å². The summed E-state index contributed by atoms with van der Waals surface area (Å²) < 4.78 is 0. The van der Waals surface area contributed by atoms with Crippen LogP contribution in [0, 0.1) is 0 Å². The Bertz CT molecular complexity index is 426. The van der Waals surface area contributed by atoms with E-state index >= 15 is 0 Å². The smallest absolute Gasteiger partial charge is 1.00 e. The molecule has 2 aromatic rings. The van der Waals surface area contributed by atoms with Crippen molar-refractivity contribution in [1.82, 2.24) is 0 Å². The summed E-state index contributed by atoms with van der Waals surface area (Å²) in [7, 11) is 0. The molecule has 2 aliphatic rings. The maximum Gasteiger partial charge on any atom is 4.00 e. The van der Waals surface area contributed by atoms with E-state index in [1.54, 1.807) is 22.3 Å². The molecule has 3 heteroatoms. The first-order valence-corrected chi connectivity index (χ1v) is 7.90. The van der Waals surface area contributed by atoms with Gasteiger partial charge >= 0.3 is 21.7 Å². The fourth-order valence-electron chi connectivity index (χ4n) is 3.23. The van der Waals surface area contributed by atoms with Crippen LogP contribution in [0.25, 0.3) is 0 Å². The first-order valence-electron chi connectivity index (χ1n) is 7.90. The van der Waals surface area contributed by atoms with Crippen LogP contribution < -0.4 is 24.8 Å². The summed E-state index contributed by atoms with van der Waals surface area (Å²) in [5, 5.41) is 0. The molecule has 4 rings (SSSR count). The molecule has 0 atom stereocenters. The van der Waals surface area contributed by atoms with Crippen LogP contribution in [0.5, 0.6) is 0 Å². The number of fused-ring (bicyclic) bond motifs is 2. The SMILES string of the molecule is C=C.[Cl-].[Cl-].[Ti+4].c1cc2c([cH-]1)CCCC2.c1cc2c([cH-]1)CCCC2. The second-order valence-corrected chi connectivity index (χ2v) is 5.57. The van der Waals surface area contributed by atoms with Crippen molar-refractivity contribution in [1.29, 1.82) is 0 Å². The van der Waals surface area contributed by atoms with E-state index in [9.17, 15) is 0 Å². The number of hydrogen-bond donors (Lipinski definition) is 0. The number of halogens is 2. The predicted molar refractivity (Wildman–Crippen MR) is 88.6 cm³/mol. The molecule has 0 fully saturated rings. The molecule has 0 radical (unpaired) electrons. The van der Waals surface area contributed by atoms with E-state index in [0.717, 1.165) is 0 Å². The minimum atomic E-state index is 0. The molecule has 0 amide bonds. The molecule has 0 bridgehead atoms. The van der Waals surface area contributed by atoms with E-state index in [1.807, 2.05) is 0 Å². The summed E-state index contributed by atoms with van der Waals surface area (Å²) in [5.41, 5.74) is 6.39. The summed E-state index contributed by atoms with van der Waals surface area (Å²) in [4.78, 5) is 0. The molecule has 0 N–H and O–H groups in total. The third-order valence-electron chi connectivity index (χ3n) is 4.30. The number of hydrogen-bond acceptors (Lipinski definition) is 0. The normalized spacial score (nSPS) is 13.7. The Morgan fingerprint density at radius 1 is 0.652 bits per heavy atom. The number of aryl methyl sites for hydroxylation is 4. The molecule has 0 heterocycles. The molecule has 0 aliphatic heterocycles. The largest absolute Gasteiger partial charge is 4.00 e. The Morgan fingerprint density at radius 3 is 1.35 bits per heavy atom. The van der Waals surface area contributed by atoms with Crippen LogP contribution in [0.2, 0.25) is 0 Å². The Hall–Kier alpha value is -0.266. The van der Waals surface area contributed by atoms with Gasteiger partial charge in [-0.2, -0.15) is 46.5 Å². The van der Waals surface area contributed by atoms with Gasteiger partial charge in [-0.3, -0.25) is 0 Å². The van der Waals surface area contributed by atoms with E-state index in [0.29, 0.717) is 0 Å². The van der Waals surface area contributed by atoms with Gasteiger partial charge in [-0.25, -0.2) is 12.1 Å². The molecular formula is C20H26Cl2Ti. The van der Waals surface area contributed by atoms with Crippen LogP contribution in [-0.4, -0.2) is 0 Å². The van der Waals surface area contributed by atoms with Gasteiger partial charge in [0.1, 0.15) is 0 Å². The molecule has 2 aliphatic carbocycles. The molecule has 2 aromatic carbocycles. The van der Waals surface area contributed by atoms with Gasteiger partial charge in [-0.1, -0.05) is 51.4 Å². The summed E-state index contributed by atoms with van der Waals surface area (Å²) >= 11 is 0. The second kappa shape index (κ2) is 14.1. The third-order valence-corrected chi connectivity index (χ3v) is 4.30. The molecule has 0 nitrogen and oxygen atoms in total. The van der Waals surface area contributed by atoms with Crippen LogP contribution in [-0.2, 0) is 47.4 Å². The van der Waals surface area contributed by atoms with Crippen molar-refractivity contribution in [2.24, 2.45) is 0 Å². The van der Waals surface area contributed by atoms with Crippen molar-refractivity contribution >= 4 is 0 Å². The zero-order valence-electron chi connectivity index (χ0n) is 13.8. The molecule has 124 valence electrons. The van der Waals surface area contributed by atoms with E-state index in [1.165, 1.54) is 51.4 Å². The van der Waals surface area contributed by atoms with Gasteiger partial charge < -0.3 is 24.8 Å². The zero-order chi connectivity index (χ0) is 14.2. The monoisotopic (exact) mass is 384 g/mol. The minimum absolute atomic E-state index is 0. The Balaban J connectivity index is 0. The van der Waals surface area contributed by atoms with Crippen LogP contribution >= 0.6 is 0 Å². The van der Waals surface area contributed by atoms with Gasteiger partial charge in [-0.05, 0) is 0 Å². The molecule has 23 heavy (non-hydrogen) atoms. The van der Waals surface area contributed by atoms with Crippen LogP contribution in [0.4, 0.5) is 0 Å². The summed E-state index contributed by atoms with van der Waals surface area (Å²) in [6, 6.07) is 13.4. The Morgan fingerprint density at radius 2 is 1.00 bits per heavy atom. The summed E-state index contributed by atoms with van der Waals surface area (Å²) in [6.07, 6.45) is 10.9. The minimum Gasteiger partial charge on any atom is -1.00 e. The Kier molecular flexibility index (Phi) is 15.3. The summed E-state index contributed by atoms with van der Waals surface area (Å²) in [5.74, 6) is 0. The number of rotatable bonds is 0. The standard InChI is InChI=1S/2C9H11.C2H4.2ClH.Ti/c2*1-2-5-9-7-3-6-8(9)4-1;1-2;;;/h2*3,6-7H,1-2,4-5H2;1-2H2;2*1H;/q2*-1;;;;+4/p-2. The van der Waals surface area contributed by atoms with E-state index in [2.05, 4.69) is 49.6 Å². The predicted octanol–water partition coefficient (Wildman–Crippen LogP) is -0.624. The van der Waals surface area contributed by atoms with Crippen molar-refractivity contribution in [3.8, 4) is 0 Å². The van der Waals surface area contributed by atoms with Gasteiger partial charge in [0.15, 0.2) is 0 Å². The average molecular weight is 385 g/mol. The molecule has 0 saturated carbocycles. The van der Waals surface area contributed by atoms with Gasteiger partial charge in [0.05, 0.1) is 0 Å². The van der Waals surface area contributed by atoms with Crippen molar-refractivity contribution in [2.45, 2.75) is 51.4 Å². The fourth-order valence-corrected chi connectivity index (χ4v) is 3.23. The van der Waals surface area contributed by atoms with Gasteiger partial charge in [0, 0.05) is 0 Å². The van der Waals surface area contributed by atoms with Crippen molar-refractivity contribution < 1.29 is 46.5 Å². The molecule has 0 spiro atoms. The Labute approximate surface area is 169 Å². The zero-order valence-corrected chi connectivity index (χ0v) is 16.9. The molecular weight excluding hydrogens is 359 g/mol. The summed E-state index contributed by atoms with van der Waals surface area (Å²) in [6.45, 7) is 6.00. The van der Waals surface area contributed by atoms with Crippen LogP contribution in [0.15, 0.2) is 49.6 Å². The van der Waals surface area contributed by atoms with Gasteiger partial charge in [0.2, 0.25) is 0 Å². The quantitative estimate of drug-likeness (QED) is 0.322. The van der Waals surface area contributed by atoms with E-state index in [-0.39, 0.29) is 46.5 Å². The van der Waals surface area contributed by atoms with Crippen LogP contribution in [0.1, 0.15) is 47.9 Å². The van der Waals surface area contributed by atoms with E-state index in [4.69, 9.17) is 0 Å². The molecule has 0 saturated heterocycles. The molecule has 0 aromatic heterocycles. The fraction of sp³-hybridized carbons (Fsp3) is 0.400. The van der Waals surface area contributed by atoms with E-state index < -0.39 is 0 Å². The molecule has 0 unspecified atom stereocenters. The van der Waals surface area contributed by atoms with Crippen molar-refractivity contribution in [3.05, 3.63) is 71.8 Å². The second-order valence-electron chi connectivity index (χ2n) is 5.57. The van der Waals surface area contributed by atoms with Gasteiger partial charge in [-0.15, -0.1) is 13.2 Å². The first kappa shape index (κ1) is 25.0. The maximum atomic E-state index is 3.00. The topological polar surface area (TPSA) is 0 Å².